The molecule has 150 valence electrons. The summed E-state index contributed by atoms with van der Waals surface area (Å²) in [4.78, 5) is 7.33. The second kappa shape index (κ2) is 9.22. The van der Waals surface area contributed by atoms with Crippen molar-refractivity contribution in [2.75, 3.05) is 26.2 Å². The van der Waals surface area contributed by atoms with Crippen molar-refractivity contribution in [3.05, 3.63) is 47.5 Å². The third kappa shape index (κ3) is 4.37. The number of likely N-dealkylation sites (tertiary alicyclic amines) is 1. The van der Waals surface area contributed by atoms with Crippen molar-refractivity contribution in [2.45, 2.75) is 57.9 Å². The lowest BCUT2D eigenvalue weighted by atomic mass is 9.99. The van der Waals surface area contributed by atoms with Gasteiger partial charge in [-0.25, -0.2) is 0 Å². The lowest BCUT2D eigenvalue weighted by Crippen LogP contribution is -2.40. The molecule has 6 heteroatoms. The fourth-order valence-electron chi connectivity index (χ4n) is 4.37. The molecular formula is C22H32N6. The molecule has 0 spiro atoms. The van der Waals surface area contributed by atoms with Crippen LogP contribution in [0.1, 0.15) is 55.7 Å². The molecule has 0 radical (unpaired) electrons. The number of aliphatic imine (C=N–C) groups is 1. The zero-order valence-electron chi connectivity index (χ0n) is 17.0. The molecule has 1 N–H and O–H groups in total. The molecule has 0 aliphatic carbocycles. The van der Waals surface area contributed by atoms with Crippen molar-refractivity contribution >= 4 is 5.96 Å². The standard InChI is InChI=1S/C22H32N6/c1-2-23-22(27-16-13-19(17-27)18-9-5-3-6-10-18)24-14-12-21-26-25-20-11-7-4-8-15-28(20)21/h3,5-6,9-10,19H,2,4,7-8,11-17H2,1H3,(H,23,24). The summed E-state index contributed by atoms with van der Waals surface area (Å²) in [5.41, 5.74) is 1.44. The van der Waals surface area contributed by atoms with Crippen LogP contribution in [-0.4, -0.2) is 51.8 Å². The van der Waals surface area contributed by atoms with E-state index >= 15 is 0 Å². The fourth-order valence-corrected chi connectivity index (χ4v) is 4.37. The van der Waals surface area contributed by atoms with Crippen molar-refractivity contribution in [3.63, 3.8) is 0 Å². The highest BCUT2D eigenvalue weighted by Gasteiger charge is 2.26. The zero-order valence-corrected chi connectivity index (χ0v) is 17.0. The summed E-state index contributed by atoms with van der Waals surface area (Å²) >= 11 is 0. The number of guanidine groups is 1. The molecule has 4 rings (SSSR count). The summed E-state index contributed by atoms with van der Waals surface area (Å²) in [6, 6.07) is 10.9. The Labute approximate surface area is 168 Å². The van der Waals surface area contributed by atoms with E-state index in [1.165, 1.54) is 31.2 Å². The maximum absolute atomic E-state index is 4.92. The van der Waals surface area contributed by atoms with Gasteiger partial charge in [0.2, 0.25) is 0 Å². The van der Waals surface area contributed by atoms with Crippen LogP contribution in [0.15, 0.2) is 35.3 Å². The van der Waals surface area contributed by atoms with Crippen LogP contribution in [0.3, 0.4) is 0 Å². The van der Waals surface area contributed by atoms with E-state index in [0.717, 1.165) is 63.2 Å². The molecule has 1 unspecified atom stereocenters. The number of hydrogen-bond donors (Lipinski definition) is 1. The second-order valence-corrected chi connectivity index (χ2v) is 7.82. The van der Waals surface area contributed by atoms with Crippen LogP contribution in [0, 0.1) is 0 Å². The highest BCUT2D eigenvalue weighted by molar-refractivity contribution is 5.80. The van der Waals surface area contributed by atoms with Crippen LogP contribution in [0.2, 0.25) is 0 Å². The van der Waals surface area contributed by atoms with Crippen LogP contribution in [0.25, 0.3) is 0 Å². The second-order valence-electron chi connectivity index (χ2n) is 7.82. The maximum Gasteiger partial charge on any atom is 0.193 e. The highest BCUT2D eigenvalue weighted by atomic mass is 15.3. The minimum absolute atomic E-state index is 0.595. The van der Waals surface area contributed by atoms with Gasteiger partial charge >= 0.3 is 0 Å². The Morgan fingerprint density at radius 2 is 2.04 bits per heavy atom. The van der Waals surface area contributed by atoms with E-state index in [1.54, 1.807) is 0 Å². The van der Waals surface area contributed by atoms with Gasteiger partial charge in [0.1, 0.15) is 11.6 Å². The van der Waals surface area contributed by atoms with Gasteiger partial charge in [0.05, 0.1) is 0 Å². The summed E-state index contributed by atoms with van der Waals surface area (Å²) in [6.07, 6.45) is 6.87. The summed E-state index contributed by atoms with van der Waals surface area (Å²) in [5.74, 6) is 3.89. The van der Waals surface area contributed by atoms with E-state index in [-0.39, 0.29) is 0 Å². The van der Waals surface area contributed by atoms with Gasteiger partial charge in [0.15, 0.2) is 5.96 Å². The third-order valence-electron chi connectivity index (χ3n) is 5.88. The Morgan fingerprint density at radius 3 is 2.89 bits per heavy atom. The number of aromatic nitrogens is 3. The first-order valence-corrected chi connectivity index (χ1v) is 10.8. The van der Waals surface area contributed by atoms with Crippen LogP contribution in [-0.2, 0) is 19.4 Å². The molecule has 1 aromatic heterocycles. The third-order valence-corrected chi connectivity index (χ3v) is 5.88. The van der Waals surface area contributed by atoms with Crippen LogP contribution >= 0.6 is 0 Å². The Balaban J connectivity index is 1.38. The minimum Gasteiger partial charge on any atom is -0.357 e. The average molecular weight is 381 g/mol. The lowest BCUT2D eigenvalue weighted by molar-refractivity contribution is 0.486. The van der Waals surface area contributed by atoms with E-state index in [1.807, 2.05) is 0 Å². The SMILES string of the molecule is CCNC(=NCCc1nnc2n1CCCCC2)N1CCC(c2ccccc2)C1. The van der Waals surface area contributed by atoms with Gasteiger partial charge in [-0.2, -0.15) is 0 Å². The highest BCUT2D eigenvalue weighted by Crippen LogP contribution is 2.26. The Bertz CT molecular complexity index is 782. The fraction of sp³-hybridized carbons (Fsp3) is 0.591. The summed E-state index contributed by atoms with van der Waals surface area (Å²) in [7, 11) is 0. The van der Waals surface area contributed by atoms with Crippen molar-refractivity contribution in [1.29, 1.82) is 0 Å². The molecule has 0 amide bonds. The van der Waals surface area contributed by atoms with E-state index in [9.17, 15) is 0 Å². The van der Waals surface area contributed by atoms with Crippen LogP contribution in [0.5, 0.6) is 0 Å². The molecule has 0 saturated carbocycles. The first kappa shape index (κ1) is 19.0. The molecule has 1 aromatic carbocycles. The molecule has 6 nitrogen and oxygen atoms in total. The zero-order chi connectivity index (χ0) is 19.2. The molecular weight excluding hydrogens is 348 g/mol. The lowest BCUT2D eigenvalue weighted by Gasteiger charge is -2.21. The number of benzene rings is 1. The van der Waals surface area contributed by atoms with Crippen molar-refractivity contribution in [3.8, 4) is 0 Å². The molecule has 0 bridgehead atoms. The number of rotatable bonds is 5. The Kier molecular flexibility index (Phi) is 6.24. The van der Waals surface area contributed by atoms with E-state index < -0.39 is 0 Å². The van der Waals surface area contributed by atoms with Gasteiger partial charge < -0.3 is 14.8 Å². The minimum atomic E-state index is 0.595. The van der Waals surface area contributed by atoms with Gasteiger partial charge in [-0.05, 0) is 31.7 Å². The van der Waals surface area contributed by atoms with Crippen LogP contribution in [0.4, 0.5) is 0 Å². The predicted octanol–water partition coefficient (Wildman–Crippen LogP) is 3.00. The summed E-state index contributed by atoms with van der Waals surface area (Å²) in [5, 5.41) is 12.3. The summed E-state index contributed by atoms with van der Waals surface area (Å²) < 4.78 is 2.33. The number of aryl methyl sites for hydroxylation is 1. The number of nitrogens with zero attached hydrogens (tertiary/aromatic N) is 5. The van der Waals surface area contributed by atoms with Gasteiger partial charge in [0.25, 0.3) is 0 Å². The maximum atomic E-state index is 4.92. The quantitative estimate of drug-likeness (QED) is 0.640. The number of hydrogen-bond acceptors (Lipinski definition) is 3. The topological polar surface area (TPSA) is 58.3 Å². The van der Waals surface area contributed by atoms with Crippen molar-refractivity contribution in [2.24, 2.45) is 4.99 Å². The predicted molar refractivity (Wildman–Crippen MR) is 113 cm³/mol. The van der Waals surface area contributed by atoms with Gasteiger partial charge in [0, 0.05) is 51.5 Å². The molecule has 2 aliphatic rings. The molecule has 28 heavy (non-hydrogen) atoms. The Morgan fingerprint density at radius 1 is 1.14 bits per heavy atom. The van der Waals surface area contributed by atoms with Gasteiger partial charge in [-0.15, -0.1) is 10.2 Å². The normalized spacial score (nSPS) is 20.1. The molecule has 1 saturated heterocycles. The summed E-state index contributed by atoms with van der Waals surface area (Å²) in [6.45, 7) is 6.95. The molecule has 3 heterocycles. The monoisotopic (exact) mass is 380 g/mol. The van der Waals surface area contributed by atoms with Gasteiger partial charge in [-0.1, -0.05) is 36.8 Å². The van der Waals surface area contributed by atoms with Crippen LogP contribution < -0.4 is 5.32 Å². The molecule has 2 aromatic rings. The number of nitrogens with one attached hydrogen (secondary N) is 1. The average Bonchev–Trinajstić information content (AvgIpc) is 3.30. The molecule has 1 atom stereocenters. The van der Waals surface area contributed by atoms with E-state index in [4.69, 9.17) is 4.99 Å². The molecule has 1 fully saturated rings. The van der Waals surface area contributed by atoms with Crippen molar-refractivity contribution in [1.82, 2.24) is 25.0 Å². The largest absolute Gasteiger partial charge is 0.357 e. The smallest absolute Gasteiger partial charge is 0.193 e. The van der Waals surface area contributed by atoms with Gasteiger partial charge in [-0.3, -0.25) is 4.99 Å². The van der Waals surface area contributed by atoms with E-state index in [0.29, 0.717) is 5.92 Å². The van der Waals surface area contributed by atoms with E-state index in [2.05, 4.69) is 62.2 Å². The van der Waals surface area contributed by atoms with Crippen molar-refractivity contribution < 1.29 is 0 Å². The first-order chi connectivity index (χ1) is 13.8. The number of fused-ring (bicyclic) bond motifs is 1. The molecule has 2 aliphatic heterocycles. The first-order valence-electron chi connectivity index (χ1n) is 10.8. The Hall–Kier alpha value is -2.37.